The maximum Gasteiger partial charge on any atom is 0.176 e. The first-order chi connectivity index (χ1) is 7.75. The van der Waals surface area contributed by atoms with Crippen LogP contribution in [0.25, 0.3) is 0 Å². The molecule has 1 saturated heterocycles. The molecular weight excluding hydrogens is 202 g/mol. The number of carbonyl (C=O) groups excluding carboxylic acids is 1. The molecule has 1 aromatic carbocycles. The average Bonchev–Trinajstić information content (AvgIpc) is 2.30. The highest BCUT2D eigenvalue weighted by Gasteiger charge is 2.19. The highest BCUT2D eigenvalue weighted by atomic mass is 16.3. The molecule has 0 unspecified atom stereocenters. The van der Waals surface area contributed by atoms with Gasteiger partial charge in [-0.15, -0.1) is 0 Å². The van der Waals surface area contributed by atoms with E-state index in [4.69, 9.17) is 0 Å². The van der Waals surface area contributed by atoms with Crippen molar-refractivity contribution in [3.8, 4) is 0 Å². The quantitative estimate of drug-likeness (QED) is 0.780. The standard InChI is InChI=1S/C13H17NO2/c15-12-7-4-8-14(9-12)10-13(16)11-5-2-1-3-6-11/h1-3,5-6,12,15H,4,7-10H2/t12-/m1/s1. The summed E-state index contributed by atoms with van der Waals surface area (Å²) in [6.45, 7) is 1.95. The van der Waals surface area contributed by atoms with Crippen LogP contribution in [0.15, 0.2) is 30.3 Å². The van der Waals surface area contributed by atoms with Gasteiger partial charge in [-0.1, -0.05) is 30.3 Å². The fraction of sp³-hybridized carbons (Fsp3) is 0.462. The Hall–Kier alpha value is -1.19. The number of aliphatic hydroxyl groups excluding tert-OH is 1. The molecule has 0 aliphatic carbocycles. The summed E-state index contributed by atoms with van der Waals surface area (Å²) in [7, 11) is 0. The molecule has 2 rings (SSSR count). The SMILES string of the molecule is O=C(CN1CCC[C@@H](O)C1)c1ccccc1. The Morgan fingerprint density at radius 2 is 2.12 bits per heavy atom. The van der Waals surface area contributed by atoms with Crippen molar-refractivity contribution in [3.05, 3.63) is 35.9 Å². The van der Waals surface area contributed by atoms with Gasteiger partial charge in [-0.05, 0) is 19.4 Å². The number of Topliss-reactive ketones (excluding diaryl/α,β-unsaturated/α-hetero) is 1. The molecule has 1 aliphatic heterocycles. The van der Waals surface area contributed by atoms with Crippen molar-refractivity contribution in [2.45, 2.75) is 18.9 Å². The minimum absolute atomic E-state index is 0.134. The molecule has 0 spiro atoms. The molecule has 0 radical (unpaired) electrons. The van der Waals surface area contributed by atoms with Gasteiger partial charge in [0.05, 0.1) is 12.6 Å². The molecule has 1 aliphatic rings. The third kappa shape index (κ3) is 2.90. The van der Waals surface area contributed by atoms with Crippen molar-refractivity contribution in [3.63, 3.8) is 0 Å². The van der Waals surface area contributed by atoms with Gasteiger partial charge in [0.1, 0.15) is 0 Å². The number of hydrogen-bond acceptors (Lipinski definition) is 3. The molecule has 1 heterocycles. The summed E-state index contributed by atoms with van der Waals surface area (Å²) in [4.78, 5) is 13.9. The van der Waals surface area contributed by atoms with Crippen molar-refractivity contribution < 1.29 is 9.90 Å². The molecule has 0 amide bonds. The molecule has 3 nitrogen and oxygen atoms in total. The lowest BCUT2D eigenvalue weighted by Gasteiger charge is -2.29. The van der Waals surface area contributed by atoms with Crippen LogP contribution in [0, 0.1) is 0 Å². The predicted molar refractivity (Wildman–Crippen MR) is 62.5 cm³/mol. The summed E-state index contributed by atoms with van der Waals surface area (Å²) < 4.78 is 0. The largest absolute Gasteiger partial charge is 0.392 e. The van der Waals surface area contributed by atoms with Crippen molar-refractivity contribution in [2.75, 3.05) is 19.6 Å². The van der Waals surface area contributed by atoms with Crippen molar-refractivity contribution >= 4 is 5.78 Å². The number of aliphatic hydroxyl groups is 1. The molecule has 0 saturated carbocycles. The maximum atomic E-state index is 11.9. The molecule has 0 aromatic heterocycles. The Morgan fingerprint density at radius 1 is 1.38 bits per heavy atom. The number of likely N-dealkylation sites (tertiary alicyclic amines) is 1. The second-order valence-corrected chi connectivity index (χ2v) is 4.32. The number of rotatable bonds is 3. The van der Waals surface area contributed by atoms with Gasteiger partial charge in [0.25, 0.3) is 0 Å². The number of benzene rings is 1. The van der Waals surface area contributed by atoms with E-state index in [-0.39, 0.29) is 11.9 Å². The lowest BCUT2D eigenvalue weighted by molar-refractivity contribution is 0.0634. The summed E-state index contributed by atoms with van der Waals surface area (Å²) >= 11 is 0. The average molecular weight is 219 g/mol. The highest BCUT2D eigenvalue weighted by Crippen LogP contribution is 2.10. The topological polar surface area (TPSA) is 40.5 Å². The monoisotopic (exact) mass is 219 g/mol. The van der Waals surface area contributed by atoms with Gasteiger partial charge < -0.3 is 5.11 Å². The van der Waals surface area contributed by atoms with E-state index >= 15 is 0 Å². The molecule has 1 aromatic rings. The van der Waals surface area contributed by atoms with E-state index in [1.165, 1.54) is 0 Å². The van der Waals surface area contributed by atoms with Gasteiger partial charge in [-0.2, -0.15) is 0 Å². The third-order valence-electron chi connectivity index (χ3n) is 2.94. The molecule has 3 heteroatoms. The lowest BCUT2D eigenvalue weighted by atomic mass is 10.1. The lowest BCUT2D eigenvalue weighted by Crippen LogP contribution is -2.41. The van der Waals surface area contributed by atoms with E-state index in [0.717, 1.165) is 24.9 Å². The van der Waals surface area contributed by atoms with E-state index in [9.17, 15) is 9.90 Å². The molecule has 0 bridgehead atoms. The zero-order valence-corrected chi connectivity index (χ0v) is 9.30. The molecular formula is C13H17NO2. The summed E-state index contributed by atoms with van der Waals surface area (Å²) in [6.07, 6.45) is 1.57. The van der Waals surface area contributed by atoms with E-state index in [1.54, 1.807) is 0 Å². The molecule has 1 N–H and O–H groups in total. The second kappa shape index (κ2) is 5.23. The van der Waals surface area contributed by atoms with Gasteiger partial charge in [0.2, 0.25) is 0 Å². The molecule has 86 valence electrons. The van der Waals surface area contributed by atoms with Crippen molar-refractivity contribution in [1.29, 1.82) is 0 Å². The number of hydrogen-bond donors (Lipinski definition) is 1. The Morgan fingerprint density at radius 3 is 2.81 bits per heavy atom. The second-order valence-electron chi connectivity index (χ2n) is 4.32. The maximum absolute atomic E-state index is 11.9. The molecule has 1 fully saturated rings. The van der Waals surface area contributed by atoms with Crippen LogP contribution < -0.4 is 0 Å². The zero-order valence-electron chi connectivity index (χ0n) is 9.30. The van der Waals surface area contributed by atoms with Crippen LogP contribution in [0.4, 0.5) is 0 Å². The Balaban J connectivity index is 1.92. The van der Waals surface area contributed by atoms with Gasteiger partial charge >= 0.3 is 0 Å². The van der Waals surface area contributed by atoms with Crippen molar-refractivity contribution in [1.82, 2.24) is 4.90 Å². The van der Waals surface area contributed by atoms with E-state index < -0.39 is 0 Å². The van der Waals surface area contributed by atoms with E-state index in [0.29, 0.717) is 13.1 Å². The minimum atomic E-state index is -0.266. The fourth-order valence-corrected chi connectivity index (χ4v) is 2.09. The molecule has 16 heavy (non-hydrogen) atoms. The predicted octanol–water partition coefficient (Wildman–Crippen LogP) is 1.33. The van der Waals surface area contributed by atoms with Gasteiger partial charge in [-0.3, -0.25) is 9.69 Å². The fourth-order valence-electron chi connectivity index (χ4n) is 2.09. The summed E-state index contributed by atoms with van der Waals surface area (Å²) in [6, 6.07) is 9.32. The normalized spacial score (nSPS) is 21.9. The summed E-state index contributed by atoms with van der Waals surface area (Å²) in [5.41, 5.74) is 0.752. The van der Waals surface area contributed by atoms with Gasteiger partial charge in [-0.25, -0.2) is 0 Å². The van der Waals surface area contributed by atoms with Crippen LogP contribution in [-0.4, -0.2) is 41.5 Å². The first-order valence-electron chi connectivity index (χ1n) is 5.74. The number of β-amino-alcohol motifs (C(OH)–C–C–N with tert-alkyl or cyclic N) is 1. The minimum Gasteiger partial charge on any atom is -0.392 e. The van der Waals surface area contributed by atoms with Crippen LogP contribution in [0.5, 0.6) is 0 Å². The third-order valence-corrected chi connectivity index (χ3v) is 2.94. The smallest absolute Gasteiger partial charge is 0.176 e. The van der Waals surface area contributed by atoms with Crippen LogP contribution in [0.2, 0.25) is 0 Å². The van der Waals surface area contributed by atoms with Crippen LogP contribution in [0.3, 0.4) is 0 Å². The van der Waals surface area contributed by atoms with Gasteiger partial charge in [0.15, 0.2) is 5.78 Å². The number of ketones is 1. The van der Waals surface area contributed by atoms with Crippen LogP contribution in [0.1, 0.15) is 23.2 Å². The summed E-state index contributed by atoms with van der Waals surface area (Å²) in [5, 5.41) is 9.51. The van der Waals surface area contributed by atoms with Crippen molar-refractivity contribution in [2.24, 2.45) is 0 Å². The zero-order chi connectivity index (χ0) is 11.4. The first-order valence-corrected chi connectivity index (χ1v) is 5.74. The number of piperidine rings is 1. The first kappa shape index (κ1) is 11.3. The highest BCUT2D eigenvalue weighted by molar-refractivity contribution is 5.97. The summed E-state index contributed by atoms with van der Waals surface area (Å²) in [5.74, 6) is 0.134. The van der Waals surface area contributed by atoms with E-state index in [1.807, 2.05) is 35.2 Å². The number of carbonyl (C=O) groups is 1. The Bertz CT molecular complexity index is 350. The number of nitrogens with zero attached hydrogens (tertiary/aromatic N) is 1. The van der Waals surface area contributed by atoms with E-state index in [2.05, 4.69) is 0 Å². The van der Waals surface area contributed by atoms with Crippen LogP contribution >= 0.6 is 0 Å². The Labute approximate surface area is 95.7 Å². The Kier molecular flexibility index (Phi) is 3.70. The van der Waals surface area contributed by atoms with Crippen LogP contribution in [-0.2, 0) is 0 Å². The molecule has 1 atom stereocenters. The van der Waals surface area contributed by atoms with Gasteiger partial charge in [0, 0.05) is 12.1 Å².